The summed E-state index contributed by atoms with van der Waals surface area (Å²) in [7, 11) is 1.32. The van der Waals surface area contributed by atoms with Crippen molar-refractivity contribution in [2.24, 2.45) is 0 Å². The van der Waals surface area contributed by atoms with Crippen LogP contribution in [0.3, 0.4) is 0 Å². The lowest BCUT2D eigenvalue weighted by Gasteiger charge is -2.12. The lowest BCUT2D eigenvalue weighted by molar-refractivity contribution is -0.147. The molecular formula is C18H15ClN2O4. The zero-order chi connectivity index (χ0) is 17.8. The van der Waals surface area contributed by atoms with E-state index in [1.807, 2.05) is 0 Å². The average Bonchev–Trinajstić information content (AvgIpc) is 2.62. The molecule has 7 heteroatoms. The van der Waals surface area contributed by atoms with Crippen molar-refractivity contribution >= 4 is 28.6 Å². The first-order valence-electron chi connectivity index (χ1n) is 7.50. The second-order valence-electron chi connectivity index (χ2n) is 5.20. The fraction of sp³-hybridized carbons (Fsp3) is 0.167. The Hall–Kier alpha value is -2.86. The van der Waals surface area contributed by atoms with E-state index < -0.39 is 12.1 Å². The van der Waals surface area contributed by atoms with Gasteiger partial charge >= 0.3 is 5.97 Å². The number of hydrogen-bond donors (Lipinski definition) is 0. The Kier molecular flexibility index (Phi) is 5.00. The molecule has 0 aliphatic heterocycles. The van der Waals surface area contributed by atoms with Crippen LogP contribution in [0, 0.1) is 0 Å². The highest BCUT2D eigenvalue weighted by Crippen LogP contribution is 2.24. The number of rotatable bonds is 5. The molecule has 3 rings (SSSR count). The third kappa shape index (κ3) is 4.16. The molecule has 0 spiro atoms. The molecule has 0 aliphatic rings. The van der Waals surface area contributed by atoms with E-state index >= 15 is 0 Å². The first-order chi connectivity index (χ1) is 12.0. The van der Waals surface area contributed by atoms with E-state index in [9.17, 15) is 4.79 Å². The molecule has 25 heavy (non-hydrogen) atoms. The van der Waals surface area contributed by atoms with Gasteiger partial charge in [-0.15, -0.1) is 0 Å². The van der Waals surface area contributed by atoms with Crippen LogP contribution < -0.4 is 9.47 Å². The molecule has 0 saturated heterocycles. The number of fused-ring (bicyclic) bond motifs is 1. The van der Waals surface area contributed by atoms with E-state index in [1.165, 1.54) is 13.3 Å². The van der Waals surface area contributed by atoms with Gasteiger partial charge in [0, 0.05) is 5.02 Å². The summed E-state index contributed by atoms with van der Waals surface area (Å²) in [6.45, 7) is 1.62. The lowest BCUT2D eigenvalue weighted by Crippen LogP contribution is -2.24. The average molecular weight is 359 g/mol. The predicted molar refractivity (Wildman–Crippen MR) is 93.2 cm³/mol. The van der Waals surface area contributed by atoms with Crippen molar-refractivity contribution in [3.8, 4) is 17.4 Å². The summed E-state index contributed by atoms with van der Waals surface area (Å²) in [4.78, 5) is 20.0. The van der Waals surface area contributed by atoms with Gasteiger partial charge in [0.15, 0.2) is 6.10 Å². The molecule has 6 nitrogen and oxygen atoms in total. The molecule has 0 saturated carbocycles. The van der Waals surface area contributed by atoms with Crippen LogP contribution in [0.4, 0.5) is 0 Å². The number of aromatic nitrogens is 2. The van der Waals surface area contributed by atoms with Gasteiger partial charge in [0.2, 0.25) is 5.88 Å². The van der Waals surface area contributed by atoms with Crippen molar-refractivity contribution in [2.75, 3.05) is 7.11 Å². The molecule has 0 fully saturated rings. The Bertz CT molecular complexity index is 899. The predicted octanol–water partition coefficient (Wildman–Crippen LogP) is 4.02. The number of esters is 1. The van der Waals surface area contributed by atoms with Gasteiger partial charge < -0.3 is 14.2 Å². The van der Waals surface area contributed by atoms with Crippen molar-refractivity contribution < 1.29 is 19.0 Å². The van der Waals surface area contributed by atoms with Gasteiger partial charge in [-0.1, -0.05) is 11.6 Å². The maximum Gasteiger partial charge on any atom is 0.346 e. The van der Waals surface area contributed by atoms with E-state index in [0.717, 1.165) is 0 Å². The second kappa shape index (κ2) is 7.36. The summed E-state index contributed by atoms with van der Waals surface area (Å²) >= 11 is 5.93. The molecule has 0 bridgehead atoms. The van der Waals surface area contributed by atoms with E-state index in [4.69, 9.17) is 21.1 Å². The number of halogens is 1. The lowest BCUT2D eigenvalue weighted by atomic mass is 10.3. The fourth-order valence-electron chi connectivity index (χ4n) is 2.14. The van der Waals surface area contributed by atoms with Crippen molar-refractivity contribution in [1.82, 2.24) is 9.97 Å². The van der Waals surface area contributed by atoms with E-state index in [0.29, 0.717) is 33.4 Å². The Morgan fingerprint density at radius 2 is 1.80 bits per heavy atom. The van der Waals surface area contributed by atoms with Crippen LogP contribution in [-0.4, -0.2) is 29.2 Å². The standard InChI is InChI=1S/C18H15ClN2O4/c1-11(18(22)23-2)24-13-4-6-14(7-5-13)25-17-10-20-16-9-12(19)3-8-15(16)21-17/h3-11H,1-2H3. The van der Waals surface area contributed by atoms with Crippen LogP contribution in [0.5, 0.6) is 17.4 Å². The van der Waals surface area contributed by atoms with Gasteiger partial charge in [0.05, 0.1) is 24.3 Å². The molecule has 2 aromatic carbocycles. The quantitative estimate of drug-likeness (QED) is 0.642. The number of carbonyl (C=O) groups excluding carboxylic acids is 1. The highest BCUT2D eigenvalue weighted by molar-refractivity contribution is 6.31. The molecule has 1 unspecified atom stereocenters. The van der Waals surface area contributed by atoms with Crippen LogP contribution in [0.2, 0.25) is 5.02 Å². The van der Waals surface area contributed by atoms with Crippen molar-refractivity contribution in [1.29, 1.82) is 0 Å². The van der Waals surface area contributed by atoms with E-state index in [2.05, 4.69) is 14.7 Å². The van der Waals surface area contributed by atoms with Gasteiger partial charge in [0.25, 0.3) is 0 Å². The minimum atomic E-state index is -0.685. The van der Waals surface area contributed by atoms with Crippen LogP contribution >= 0.6 is 11.6 Å². The van der Waals surface area contributed by atoms with Gasteiger partial charge in [-0.2, -0.15) is 0 Å². The summed E-state index contributed by atoms with van der Waals surface area (Å²) in [5.41, 5.74) is 1.38. The summed E-state index contributed by atoms with van der Waals surface area (Å²) in [5.74, 6) is 1.03. The molecule has 0 aliphatic carbocycles. The third-order valence-corrected chi connectivity index (χ3v) is 3.61. The van der Waals surface area contributed by atoms with Crippen molar-refractivity contribution in [2.45, 2.75) is 13.0 Å². The Balaban J connectivity index is 1.71. The van der Waals surface area contributed by atoms with Crippen LogP contribution in [0.1, 0.15) is 6.92 Å². The topological polar surface area (TPSA) is 70.5 Å². The Labute approximate surface area is 149 Å². The van der Waals surface area contributed by atoms with Gasteiger partial charge in [-0.05, 0) is 49.4 Å². The first kappa shape index (κ1) is 17.0. The minimum Gasteiger partial charge on any atom is -0.479 e. The van der Waals surface area contributed by atoms with Crippen LogP contribution in [-0.2, 0) is 9.53 Å². The molecule has 3 aromatic rings. The minimum absolute atomic E-state index is 0.367. The largest absolute Gasteiger partial charge is 0.479 e. The number of benzene rings is 2. The second-order valence-corrected chi connectivity index (χ2v) is 5.63. The third-order valence-electron chi connectivity index (χ3n) is 3.37. The zero-order valence-electron chi connectivity index (χ0n) is 13.6. The maximum atomic E-state index is 11.4. The molecule has 0 N–H and O–H groups in total. The molecule has 0 radical (unpaired) electrons. The van der Waals surface area contributed by atoms with Crippen molar-refractivity contribution in [3.05, 3.63) is 53.7 Å². The highest BCUT2D eigenvalue weighted by atomic mass is 35.5. The van der Waals surface area contributed by atoms with Gasteiger partial charge in [-0.25, -0.2) is 14.8 Å². The summed E-state index contributed by atoms with van der Waals surface area (Å²) in [5, 5.41) is 0.604. The number of nitrogens with zero attached hydrogens (tertiary/aromatic N) is 2. The SMILES string of the molecule is COC(=O)C(C)Oc1ccc(Oc2cnc3cc(Cl)ccc3n2)cc1. The molecule has 1 aromatic heterocycles. The van der Waals surface area contributed by atoms with Crippen LogP contribution in [0.25, 0.3) is 11.0 Å². The van der Waals surface area contributed by atoms with Crippen molar-refractivity contribution in [3.63, 3.8) is 0 Å². The monoisotopic (exact) mass is 358 g/mol. The Morgan fingerprint density at radius 1 is 1.08 bits per heavy atom. The summed E-state index contributed by atoms with van der Waals surface area (Å²) in [6, 6.07) is 12.1. The molecular weight excluding hydrogens is 344 g/mol. The van der Waals surface area contributed by atoms with Gasteiger partial charge in [-0.3, -0.25) is 0 Å². The summed E-state index contributed by atoms with van der Waals surface area (Å²) in [6.07, 6.45) is 0.845. The number of carbonyl (C=O) groups is 1. The molecule has 128 valence electrons. The number of ether oxygens (including phenoxy) is 3. The number of hydrogen-bond acceptors (Lipinski definition) is 6. The van der Waals surface area contributed by atoms with E-state index in [1.54, 1.807) is 49.4 Å². The highest BCUT2D eigenvalue weighted by Gasteiger charge is 2.14. The summed E-state index contributed by atoms with van der Waals surface area (Å²) < 4.78 is 15.8. The smallest absolute Gasteiger partial charge is 0.346 e. The zero-order valence-corrected chi connectivity index (χ0v) is 14.4. The molecule has 1 heterocycles. The Morgan fingerprint density at radius 3 is 2.52 bits per heavy atom. The van der Waals surface area contributed by atoms with E-state index in [-0.39, 0.29) is 0 Å². The molecule has 1 atom stereocenters. The molecule has 0 amide bonds. The van der Waals surface area contributed by atoms with Crippen LogP contribution in [0.15, 0.2) is 48.7 Å². The number of methoxy groups -OCH3 is 1. The maximum absolute atomic E-state index is 11.4. The normalized spacial score (nSPS) is 11.8. The fourth-order valence-corrected chi connectivity index (χ4v) is 2.31. The first-order valence-corrected chi connectivity index (χ1v) is 7.87. The van der Waals surface area contributed by atoms with Gasteiger partial charge in [0.1, 0.15) is 11.5 Å².